The van der Waals surface area contributed by atoms with E-state index in [9.17, 15) is 13.6 Å². The zero-order chi connectivity index (χ0) is 13.7. The molecule has 0 aliphatic heterocycles. The van der Waals surface area contributed by atoms with E-state index < -0.39 is 17.5 Å². The summed E-state index contributed by atoms with van der Waals surface area (Å²) in [6.45, 7) is 4.00. The maximum absolute atomic E-state index is 13.5. The molecule has 0 radical (unpaired) electrons. The summed E-state index contributed by atoms with van der Waals surface area (Å²) in [5, 5.41) is 8.71. The van der Waals surface area contributed by atoms with Crippen LogP contribution in [0.25, 0.3) is 0 Å². The van der Waals surface area contributed by atoms with Gasteiger partial charge in [0, 0.05) is 19.2 Å². The van der Waals surface area contributed by atoms with Crippen molar-refractivity contribution < 1.29 is 13.6 Å². The maximum atomic E-state index is 13.5. The van der Waals surface area contributed by atoms with Gasteiger partial charge in [-0.3, -0.25) is 4.79 Å². The minimum absolute atomic E-state index is 0.177. The molecule has 0 aliphatic rings. The third kappa shape index (κ3) is 3.27. The van der Waals surface area contributed by atoms with Crippen LogP contribution < -0.4 is 0 Å². The molecule has 1 unspecified atom stereocenters. The molecule has 1 rings (SSSR count). The summed E-state index contributed by atoms with van der Waals surface area (Å²) in [4.78, 5) is 13.4. The fourth-order valence-corrected chi connectivity index (χ4v) is 1.56. The summed E-state index contributed by atoms with van der Waals surface area (Å²) in [6, 6.07) is 4.84. The number of amides is 1. The molecule has 0 bridgehead atoms. The molecule has 0 spiro atoms. The van der Waals surface area contributed by atoms with Crippen LogP contribution >= 0.6 is 0 Å². The molecule has 3 nitrogen and oxygen atoms in total. The largest absolute Gasteiger partial charge is 0.338 e. The number of benzene rings is 1. The lowest BCUT2D eigenvalue weighted by molar-refractivity contribution is 0.0748. The molecule has 0 saturated heterocycles. The molecule has 0 fully saturated rings. The van der Waals surface area contributed by atoms with E-state index in [1.54, 1.807) is 13.8 Å². The number of hydrogen-bond acceptors (Lipinski definition) is 2. The standard InChI is InChI=1S/C13H14F2N2O/c1-3-17(8-9(2)7-16)13(18)11-5-4-10(14)6-12(11)15/h4-6,9H,3,8H2,1-2H3. The van der Waals surface area contributed by atoms with Crippen molar-refractivity contribution in [3.63, 3.8) is 0 Å². The second kappa shape index (κ2) is 6.10. The molecule has 0 aliphatic carbocycles. The average Bonchev–Trinajstić information content (AvgIpc) is 2.34. The fraction of sp³-hybridized carbons (Fsp3) is 0.385. The van der Waals surface area contributed by atoms with Crippen LogP contribution in [-0.2, 0) is 0 Å². The number of carbonyl (C=O) groups excluding carboxylic acids is 1. The van der Waals surface area contributed by atoms with Crippen molar-refractivity contribution in [1.29, 1.82) is 5.26 Å². The molecule has 18 heavy (non-hydrogen) atoms. The fourth-order valence-electron chi connectivity index (χ4n) is 1.56. The van der Waals surface area contributed by atoms with Crippen LogP contribution in [0.1, 0.15) is 24.2 Å². The Kier molecular flexibility index (Phi) is 4.78. The van der Waals surface area contributed by atoms with Crippen molar-refractivity contribution in [2.24, 2.45) is 5.92 Å². The Morgan fingerprint density at radius 2 is 2.17 bits per heavy atom. The van der Waals surface area contributed by atoms with E-state index >= 15 is 0 Å². The van der Waals surface area contributed by atoms with E-state index in [0.29, 0.717) is 12.6 Å². The van der Waals surface area contributed by atoms with E-state index in [2.05, 4.69) is 0 Å². The highest BCUT2D eigenvalue weighted by Crippen LogP contribution is 2.13. The van der Waals surface area contributed by atoms with Crippen LogP contribution in [0.15, 0.2) is 18.2 Å². The molecular formula is C13H14F2N2O. The summed E-state index contributed by atoms with van der Waals surface area (Å²) < 4.78 is 26.2. The first-order chi connectivity index (χ1) is 8.49. The first-order valence-electron chi connectivity index (χ1n) is 5.63. The number of nitriles is 1. The van der Waals surface area contributed by atoms with Gasteiger partial charge in [-0.25, -0.2) is 8.78 Å². The summed E-state index contributed by atoms with van der Waals surface area (Å²) >= 11 is 0. The normalized spacial score (nSPS) is 11.7. The molecule has 5 heteroatoms. The van der Waals surface area contributed by atoms with Crippen molar-refractivity contribution >= 4 is 5.91 Å². The number of halogens is 2. The Balaban J connectivity index is 2.94. The van der Waals surface area contributed by atoms with E-state index in [4.69, 9.17) is 5.26 Å². The Bertz CT molecular complexity index is 482. The topological polar surface area (TPSA) is 44.1 Å². The Hall–Kier alpha value is -1.96. The van der Waals surface area contributed by atoms with Crippen LogP contribution in [0, 0.1) is 28.9 Å². The lowest BCUT2D eigenvalue weighted by atomic mass is 10.1. The highest BCUT2D eigenvalue weighted by atomic mass is 19.1. The Morgan fingerprint density at radius 1 is 1.50 bits per heavy atom. The van der Waals surface area contributed by atoms with Crippen molar-refractivity contribution in [1.82, 2.24) is 4.90 Å². The van der Waals surface area contributed by atoms with Crippen LogP contribution in [0.4, 0.5) is 8.78 Å². The number of rotatable bonds is 4. The van der Waals surface area contributed by atoms with Gasteiger partial charge in [0.15, 0.2) is 0 Å². The third-order valence-corrected chi connectivity index (χ3v) is 2.55. The number of carbonyl (C=O) groups is 1. The lowest BCUT2D eigenvalue weighted by Gasteiger charge is -2.22. The van der Waals surface area contributed by atoms with Gasteiger partial charge in [-0.15, -0.1) is 0 Å². The number of hydrogen-bond donors (Lipinski definition) is 0. The van der Waals surface area contributed by atoms with Gasteiger partial charge in [0.05, 0.1) is 17.6 Å². The van der Waals surface area contributed by atoms with E-state index in [0.717, 1.165) is 12.1 Å². The number of nitrogens with zero attached hydrogens (tertiary/aromatic N) is 2. The first kappa shape index (κ1) is 14.1. The first-order valence-corrected chi connectivity index (χ1v) is 5.63. The Labute approximate surface area is 105 Å². The predicted molar refractivity (Wildman–Crippen MR) is 62.7 cm³/mol. The molecule has 1 aromatic rings. The highest BCUT2D eigenvalue weighted by molar-refractivity contribution is 5.94. The molecular weight excluding hydrogens is 238 g/mol. The summed E-state index contributed by atoms with van der Waals surface area (Å²) in [6.07, 6.45) is 0. The second-order valence-electron chi connectivity index (χ2n) is 4.00. The second-order valence-corrected chi connectivity index (χ2v) is 4.00. The molecule has 0 saturated carbocycles. The Morgan fingerprint density at radius 3 is 2.67 bits per heavy atom. The van der Waals surface area contributed by atoms with Crippen molar-refractivity contribution in [2.45, 2.75) is 13.8 Å². The average molecular weight is 252 g/mol. The van der Waals surface area contributed by atoms with Crippen LogP contribution in [0.2, 0.25) is 0 Å². The van der Waals surface area contributed by atoms with Gasteiger partial charge >= 0.3 is 0 Å². The minimum Gasteiger partial charge on any atom is -0.338 e. The van der Waals surface area contributed by atoms with Crippen molar-refractivity contribution in [3.05, 3.63) is 35.4 Å². The SMILES string of the molecule is CCN(CC(C)C#N)C(=O)c1ccc(F)cc1F. The minimum atomic E-state index is -0.886. The highest BCUT2D eigenvalue weighted by Gasteiger charge is 2.20. The van der Waals surface area contributed by atoms with Crippen molar-refractivity contribution in [3.8, 4) is 6.07 Å². The molecule has 1 atom stereocenters. The van der Waals surface area contributed by atoms with E-state index in [1.165, 1.54) is 4.90 Å². The van der Waals surface area contributed by atoms with Crippen LogP contribution in [0.3, 0.4) is 0 Å². The van der Waals surface area contributed by atoms with E-state index in [-0.39, 0.29) is 18.0 Å². The van der Waals surface area contributed by atoms with Gasteiger partial charge < -0.3 is 4.90 Å². The molecule has 0 aromatic heterocycles. The molecule has 96 valence electrons. The molecule has 0 heterocycles. The third-order valence-electron chi connectivity index (χ3n) is 2.55. The van der Waals surface area contributed by atoms with Gasteiger partial charge in [-0.2, -0.15) is 5.26 Å². The quantitative estimate of drug-likeness (QED) is 0.826. The predicted octanol–water partition coefficient (Wildman–Crippen LogP) is 2.59. The van der Waals surface area contributed by atoms with Gasteiger partial charge in [0.2, 0.25) is 0 Å². The summed E-state index contributed by atoms with van der Waals surface area (Å²) in [5.41, 5.74) is -0.177. The summed E-state index contributed by atoms with van der Waals surface area (Å²) in [7, 11) is 0. The molecule has 1 aromatic carbocycles. The molecule has 1 amide bonds. The molecule has 0 N–H and O–H groups in total. The lowest BCUT2D eigenvalue weighted by Crippen LogP contribution is -2.34. The zero-order valence-corrected chi connectivity index (χ0v) is 10.3. The van der Waals surface area contributed by atoms with Crippen molar-refractivity contribution in [2.75, 3.05) is 13.1 Å². The van der Waals surface area contributed by atoms with Crippen LogP contribution in [0.5, 0.6) is 0 Å². The smallest absolute Gasteiger partial charge is 0.256 e. The summed E-state index contributed by atoms with van der Waals surface area (Å²) in [5.74, 6) is -2.48. The van der Waals surface area contributed by atoms with Gasteiger partial charge in [0.1, 0.15) is 11.6 Å². The van der Waals surface area contributed by atoms with Crippen LogP contribution in [-0.4, -0.2) is 23.9 Å². The van der Waals surface area contributed by atoms with Gasteiger partial charge in [-0.1, -0.05) is 0 Å². The zero-order valence-electron chi connectivity index (χ0n) is 10.3. The maximum Gasteiger partial charge on any atom is 0.256 e. The van der Waals surface area contributed by atoms with Gasteiger partial charge in [0.25, 0.3) is 5.91 Å². The van der Waals surface area contributed by atoms with Gasteiger partial charge in [-0.05, 0) is 26.0 Å². The van der Waals surface area contributed by atoms with E-state index in [1.807, 2.05) is 6.07 Å². The monoisotopic (exact) mass is 252 g/mol.